The third-order valence-corrected chi connectivity index (χ3v) is 4.08. The normalized spacial score (nSPS) is 16.5. The molecule has 0 aliphatic carbocycles. The maximum atomic E-state index is 12.8. The van der Waals surface area contributed by atoms with Crippen molar-refractivity contribution >= 4 is 17.3 Å². The molecule has 2 N–H and O–H groups in total. The highest BCUT2D eigenvalue weighted by atomic mass is 16.5. The van der Waals surface area contributed by atoms with Crippen molar-refractivity contribution in [2.24, 2.45) is 0 Å². The zero-order chi connectivity index (χ0) is 17.1. The van der Waals surface area contributed by atoms with E-state index < -0.39 is 6.10 Å². The molecule has 5 nitrogen and oxygen atoms in total. The Labute approximate surface area is 142 Å². The number of anilines is 2. The largest absolute Gasteiger partial charge is 0.494 e. The SMILES string of the molecule is CCOc1ccccc1CC1Oc2cc(N)ccc2N(CC)C1=O. The van der Waals surface area contributed by atoms with Crippen LogP contribution in [0.15, 0.2) is 42.5 Å². The van der Waals surface area contributed by atoms with Gasteiger partial charge in [-0.05, 0) is 37.6 Å². The average molecular weight is 326 g/mol. The number of hydrogen-bond acceptors (Lipinski definition) is 4. The van der Waals surface area contributed by atoms with Gasteiger partial charge in [-0.2, -0.15) is 0 Å². The topological polar surface area (TPSA) is 64.8 Å². The molecule has 1 atom stereocenters. The molecular weight excluding hydrogens is 304 g/mol. The molecule has 5 heteroatoms. The number of para-hydroxylation sites is 1. The van der Waals surface area contributed by atoms with Crippen LogP contribution in [0.3, 0.4) is 0 Å². The van der Waals surface area contributed by atoms with Crippen LogP contribution in [-0.4, -0.2) is 25.2 Å². The van der Waals surface area contributed by atoms with Gasteiger partial charge in [-0.1, -0.05) is 18.2 Å². The molecule has 1 aliphatic rings. The Morgan fingerprint density at radius 1 is 1.21 bits per heavy atom. The van der Waals surface area contributed by atoms with Crippen LogP contribution in [0, 0.1) is 0 Å². The van der Waals surface area contributed by atoms with Gasteiger partial charge in [0.25, 0.3) is 5.91 Å². The number of fused-ring (bicyclic) bond motifs is 1. The van der Waals surface area contributed by atoms with Gasteiger partial charge in [-0.3, -0.25) is 4.79 Å². The average Bonchev–Trinajstić information content (AvgIpc) is 2.58. The van der Waals surface area contributed by atoms with Crippen molar-refractivity contribution in [2.45, 2.75) is 26.4 Å². The smallest absolute Gasteiger partial charge is 0.268 e. The van der Waals surface area contributed by atoms with E-state index >= 15 is 0 Å². The van der Waals surface area contributed by atoms with Crippen molar-refractivity contribution in [1.29, 1.82) is 0 Å². The first-order chi connectivity index (χ1) is 11.6. The Bertz CT molecular complexity index is 745. The van der Waals surface area contributed by atoms with Crippen molar-refractivity contribution in [3.05, 3.63) is 48.0 Å². The van der Waals surface area contributed by atoms with Crippen LogP contribution in [0.1, 0.15) is 19.4 Å². The molecule has 0 bridgehead atoms. The summed E-state index contributed by atoms with van der Waals surface area (Å²) in [5.74, 6) is 1.40. The minimum Gasteiger partial charge on any atom is -0.494 e. The molecule has 0 spiro atoms. The summed E-state index contributed by atoms with van der Waals surface area (Å²) in [5, 5.41) is 0. The summed E-state index contributed by atoms with van der Waals surface area (Å²) in [7, 11) is 0. The molecular formula is C19H22N2O3. The van der Waals surface area contributed by atoms with E-state index in [1.807, 2.05) is 44.2 Å². The van der Waals surface area contributed by atoms with Gasteiger partial charge in [0, 0.05) is 24.7 Å². The zero-order valence-electron chi connectivity index (χ0n) is 14.0. The lowest BCUT2D eigenvalue weighted by Gasteiger charge is -2.34. The number of nitrogens with two attached hydrogens (primary N) is 1. The second-order valence-electron chi connectivity index (χ2n) is 5.66. The van der Waals surface area contributed by atoms with Gasteiger partial charge in [0.05, 0.1) is 12.3 Å². The van der Waals surface area contributed by atoms with Gasteiger partial charge < -0.3 is 20.1 Å². The van der Waals surface area contributed by atoms with Crippen molar-refractivity contribution in [1.82, 2.24) is 0 Å². The first-order valence-electron chi connectivity index (χ1n) is 8.22. The Morgan fingerprint density at radius 2 is 2.00 bits per heavy atom. The number of rotatable bonds is 5. The highest BCUT2D eigenvalue weighted by molar-refractivity contribution is 6.00. The lowest BCUT2D eigenvalue weighted by molar-refractivity contribution is -0.126. The molecule has 0 radical (unpaired) electrons. The van der Waals surface area contributed by atoms with E-state index in [4.69, 9.17) is 15.2 Å². The number of nitrogens with zero attached hydrogens (tertiary/aromatic N) is 1. The third-order valence-electron chi connectivity index (χ3n) is 4.08. The van der Waals surface area contributed by atoms with Gasteiger partial charge in [0.2, 0.25) is 0 Å². The van der Waals surface area contributed by atoms with Crippen LogP contribution in [0.5, 0.6) is 11.5 Å². The third kappa shape index (κ3) is 3.02. The fourth-order valence-electron chi connectivity index (χ4n) is 2.97. The molecule has 2 aromatic carbocycles. The Hall–Kier alpha value is -2.69. The lowest BCUT2D eigenvalue weighted by Crippen LogP contribution is -2.46. The standard InChI is InChI=1S/C19H22N2O3/c1-3-21-15-10-9-14(20)12-17(15)24-18(19(21)22)11-13-7-5-6-8-16(13)23-4-2/h5-10,12,18H,3-4,11,20H2,1-2H3. The van der Waals surface area contributed by atoms with Crippen molar-refractivity contribution in [3.8, 4) is 11.5 Å². The summed E-state index contributed by atoms with van der Waals surface area (Å²) in [4.78, 5) is 14.5. The second kappa shape index (κ2) is 6.83. The summed E-state index contributed by atoms with van der Waals surface area (Å²) in [6.07, 6.45) is -0.124. The molecule has 1 amide bonds. The molecule has 2 aromatic rings. The minimum atomic E-state index is -0.583. The van der Waals surface area contributed by atoms with E-state index in [0.29, 0.717) is 31.0 Å². The molecule has 0 saturated heterocycles. The fourth-order valence-corrected chi connectivity index (χ4v) is 2.97. The summed E-state index contributed by atoms with van der Waals surface area (Å²) in [5.41, 5.74) is 8.21. The molecule has 0 aromatic heterocycles. The quantitative estimate of drug-likeness (QED) is 0.858. The number of benzene rings is 2. The number of carbonyl (C=O) groups is 1. The van der Waals surface area contributed by atoms with E-state index in [-0.39, 0.29) is 5.91 Å². The number of nitrogen functional groups attached to an aromatic ring is 1. The summed E-state index contributed by atoms with van der Waals surface area (Å²) in [6.45, 7) is 5.06. The first kappa shape index (κ1) is 16.2. The second-order valence-corrected chi connectivity index (χ2v) is 5.66. The highest BCUT2D eigenvalue weighted by Crippen LogP contribution is 2.36. The van der Waals surface area contributed by atoms with Gasteiger partial charge in [0.15, 0.2) is 6.10 Å². The van der Waals surface area contributed by atoms with Crippen LogP contribution in [-0.2, 0) is 11.2 Å². The Kier molecular flexibility index (Phi) is 4.60. The monoisotopic (exact) mass is 326 g/mol. The number of carbonyl (C=O) groups excluding carboxylic acids is 1. The fraction of sp³-hybridized carbons (Fsp3) is 0.316. The maximum absolute atomic E-state index is 12.8. The van der Waals surface area contributed by atoms with E-state index in [0.717, 1.165) is 17.0 Å². The summed E-state index contributed by atoms with van der Waals surface area (Å²) < 4.78 is 11.6. The van der Waals surface area contributed by atoms with E-state index in [9.17, 15) is 4.79 Å². The highest BCUT2D eigenvalue weighted by Gasteiger charge is 2.34. The molecule has 126 valence electrons. The van der Waals surface area contributed by atoms with Gasteiger partial charge >= 0.3 is 0 Å². The minimum absolute atomic E-state index is 0.0407. The van der Waals surface area contributed by atoms with Crippen molar-refractivity contribution in [3.63, 3.8) is 0 Å². The van der Waals surface area contributed by atoms with E-state index in [2.05, 4.69) is 0 Å². The van der Waals surface area contributed by atoms with E-state index in [1.54, 1.807) is 17.0 Å². The van der Waals surface area contributed by atoms with Crippen LogP contribution in [0.25, 0.3) is 0 Å². The molecule has 1 heterocycles. The molecule has 1 unspecified atom stereocenters. The number of likely N-dealkylation sites (N-methyl/N-ethyl adjacent to an activating group) is 1. The first-order valence-corrected chi connectivity index (χ1v) is 8.22. The van der Waals surface area contributed by atoms with Gasteiger partial charge in [-0.25, -0.2) is 0 Å². The van der Waals surface area contributed by atoms with Crippen LogP contribution in [0.4, 0.5) is 11.4 Å². The van der Waals surface area contributed by atoms with Crippen molar-refractivity contribution < 1.29 is 14.3 Å². The lowest BCUT2D eigenvalue weighted by atomic mass is 10.0. The predicted octanol–water partition coefficient (Wildman–Crippen LogP) is 3.02. The number of hydrogen-bond donors (Lipinski definition) is 1. The predicted molar refractivity (Wildman–Crippen MR) is 94.6 cm³/mol. The van der Waals surface area contributed by atoms with Crippen LogP contribution >= 0.6 is 0 Å². The van der Waals surface area contributed by atoms with Crippen LogP contribution < -0.4 is 20.1 Å². The van der Waals surface area contributed by atoms with Gasteiger partial charge in [0.1, 0.15) is 11.5 Å². The van der Waals surface area contributed by atoms with Gasteiger partial charge in [-0.15, -0.1) is 0 Å². The Morgan fingerprint density at radius 3 is 2.75 bits per heavy atom. The number of amides is 1. The molecule has 3 rings (SSSR count). The Balaban J connectivity index is 1.91. The maximum Gasteiger partial charge on any atom is 0.268 e. The molecule has 0 saturated carbocycles. The van der Waals surface area contributed by atoms with Crippen LogP contribution in [0.2, 0.25) is 0 Å². The summed E-state index contributed by atoms with van der Waals surface area (Å²) in [6, 6.07) is 13.1. The molecule has 0 fully saturated rings. The molecule has 24 heavy (non-hydrogen) atoms. The molecule has 1 aliphatic heterocycles. The number of ether oxygens (including phenoxy) is 2. The van der Waals surface area contributed by atoms with Crippen molar-refractivity contribution in [2.75, 3.05) is 23.8 Å². The summed E-state index contributed by atoms with van der Waals surface area (Å²) >= 11 is 0. The zero-order valence-corrected chi connectivity index (χ0v) is 14.0. The van der Waals surface area contributed by atoms with E-state index in [1.165, 1.54) is 0 Å².